The normalized spacial score (nSPS) is 15.1. The Morgan fingerprint density at radius 1 is 0.931 bits per heavy atom. The number of carbonyl (C=O) groups excluding carboxylic acids is 2. The molecule has 0 spiro atoms. The van der Waals surface area contributed by atoms with Crippen molar-refractivity contribution in [3.8, 4) is 0 Å². The van der Waals surface area contributed by atoms with Crippen LogP contribution in [0.2, 0.25) is 0 Å². The fourth-order valence-electron chi connectivity index (χ4n) is 4.01. The van der Waals surface area contributed by atoms with Crippen molar-refractivity contribution in [3.63, 3.8) is 0 Å². The third-order valence-corrected chi connectivity index (χ3v) is 5.41. The Balaban J connectivity index is 1.64. The molecule has 1 unspecified atom stereocenters. The van der Waals surface area contributed by atoms with E-state index in [2.05, 4.69) is 13.0 Å². The molecule has 0 bridgehead atoms. The second-order valence-electron chi connectivity index (χ2n) is 7.32. The number of benzene rings is 3. The average molecular weight is 384 g/mol. The van der Waals surface area contributed by atoms with Crippen LogP contribution < -0.4 is 9.80 Å². The molecule has 146 valence electrons. The van der Waals surface area contributed by atoms with Crippen LogP contribution in [0.5, 0.6) is 0 Å². The van der Waals surface area contributed by atoms with Crippen molar-refractivity contribution < 1.29 is 9.59 Å². The van der Waals surface area contributed by atoms with Crippen LogP contribution in [0.1, 0.15) is 40.1 Å². The summed E-state index contributed by atoms with van der Waals surface area (Å²) in [5.74, 6) is -0.178. The molecule has 29 heavy (non-hydrogen) atoms. The van der Waals surface area contributed by atoms with Gasteiger partial charge in [0.05, 0.1) is 0 Å². The highest BCUT2D eigenvalue weighted by atomic mass is 16.2. The Labute approximate surface area is 171 Å². The van der Waals surface area contributed by atoms with Gasteiger partial charge < -0.3 is 9.80 Å². The summed E-state index contributed by atoms with van der Waals surface area (Å²) in [6.45, 7) is 4.56. The lowest BCUT2D eigenvalue weighted by molar-refractivity contribution is 0.0981. The van der Waals surface area contributed by atoms with Crippen LogP contribution in [0, 0.1) is 0 Å². The van der Waals surface area contributed by atoms with Gasteiger partial charge in [0.15, 0.2) is 0 Å². The minimum Gasteiger partial charge on any atom is -0.309 e. The first-order valence-electron chi connectivity index (χ1n) is 9.98. The zero-order valence-electron chi connectivity index (χ0n) is 16.7. The Hall–Kier alpha value is -3.40. The van der Waals surface area contributed by atoms with E-state index in [1.165, 1.54) is 5.56 Å². The SMILES string of the molecule is CCN(C(=O)c1cccc(C(=O)N2c3ccccc3CC2C)c1)c1ccccc1. The van der Waals surface area contributed by atoms with Crippen LogP contribution in [0.15, 0.2) is 78.9 Å². The first-order chi connectivity index (χ1) is 14.1. The quantitative estimate of drug-likeness (QED) is 0.639. The standard InChI is InChI=1S/C25H24N2O2/c1-3-26(22-13-5-4-6-14-22)24(28)20-11-9-12-21(17-20)25(29)27-18(2)16-19-10-7-8-15-23(19)27/h4-15,17-18H,3,16H2,1-2H3. The van der Waals surface area contributed by atoms with Gasteiger partial charge in [-0.05, 0) is 62.2 Å². The zero-order chi connectivity index (χ0) is 20.4. The number of fused-ring (bicyclic) bond motifs is 1. The van der Waals surface area contributed by atoms with Crippen molar-refractivity contribution >= 4 is 23.2 Å². The predicted molar refractivity (Wildman–Crippen MR) is 117 cm³/mol. The maximum Gasteiger partial charge on any atom is 0.258 e. The van der Waals surface area contributed by atoms with Crippen LogP contribution in [-0.2, 0) is 6.42 Å². The van der Waals surface area contributed by atoms with Crippen LogP contribution in [0.3, 0.4) is 0 Å². The molecule has 4 nitrogen and oxygen atoms in total. The van der Waals surface area contributed by atoms with Gasteiger partial charge in [0.2, 0.25) is 0 Å². The van der Waals surface area contributed by atoms with Crippen molar-refractivity contribution in [3.05, 3.63) is 95.6 Å². The third-order valence-electron chi connectivity index (χ3n) is 5.41. The number of hydrogen-bond donors (Lipinski definition) is 0. The Kier molecular flexibility index (Phi) is 5.17. The first kappa shape index (κ1) is 18.9. The molecule has 4 heteroatoms. The number of para-hydroxylation sites is 2. The van der Waals surface area contributed by atoms with Gasteiger partial charge in [0.25, 0.3) is 11.8 Å². The van der Waals surface area contributed by atoms with E-state index in [9.17, 15) is 9.59 Å². The molecule has 1 aliphatic heterocycles. The number of nitrogens with zero attached hydrogens (tertiary/aromatic N) is 2. The number of rotatable bonds is 4. The summed E-state index contributed by atoms with van der Waals surface area (Å²) in [7, 11) is 0. The Bertz CT molecular complexity index is 1050. The van der Waals surface area contributed by atoms with Crippen LogP contribution in [0.25, 0.3) is 0 Å². The number of anilines is 2. The molecule has 0 aliphatic carbocycles. The maximum atomic E-state index is 13.3. The summed E-state index contributed by atoms with van der Waals surface area (Å²) < 4.78 is 0. The highest BCUT2D eigenvalue weighted by Crippen LogP contribution is 2.33. The minimum absolute atomic E-state index is 0.0696. The minimum atomic E-state index is -0.108. The molecule has 1 atom stereocenters. The molecule has 1 heterocycles. The van der Waals surface area contributed by atoms with E-state index in [4.69, 9.17) is 0 Å². The molecule has 0 saturated heterocycles. The van der Waals surface area contributed by atoms with Crippen molar-refractivity contribution in [1.29, 1.82) is 0 Å². The van der Waals surface area contributed by atoms with E-state index in [0.717, 1.165) is 17.8 Å². The molecular weight excluding hydrogens is 360 g/mol. The van der Waals surface area contributed by atoms with E-state index in [0.29, 0.717) is 17.7 Å². The summed E-state index contributed by atoms with van der Waals surface area (Å²) in [5.41, 5.74) is 4.03. The van der Waals surface area contributed by atoms with Gasteiger partial charge >= 0.3 is 0 Å². The largest absolute Gasteiger partial charge is 0.309 e. The Morgan fingerprint density at radius 2 is 1.62 bits per heavy atom. The van der Waals surface area contributed by atoms with E-state index < -0.39 is 0 Å². The molecule has 0 fully saturated rings. The van der Waals surface area contributed by atoms with Crippen molar-refractivity contribution in [2.24, 2.45) is 0 Å². The molecule has 0 aromatic heterocycles. The highest BCUT2D eigenvalue weighted by molar-refractivity contribution is 6.11. The third kappa shape index (κ3) is 3.54. The van der Waals surface area contributed by atoms with E-state index in [1.54, 1.807) is 29.2 Å². The van der Waals surface area contributed by atoms with Gasteiger partial charge in [-0.1, -0.05) is 42.5 Å². The van der Waals surface area contributed by atoms with Crippen LogP contribution in [0.4, 0.5) is 11.4 Å². The van der Waals surface area contributed by atoms with E-state index in [-0.39, 0.29) is 17.9 Å². The summed E-state index contributed by atoms with van der Waals surface area (Å²) in [4.78, 5) is 30.0. The van der Waals surface area contributed by atoms with Crippen LogP contribution in [-0.4, -0.2) is 24.4 Å². The summed E-state index contributed by atoms with van der Waals surface area (Å²) in [6, 6.07) is 24.7. The smallest absolute Gasteiger partial charge is 0.258 e. The molecule has 3 aromatic carbocycles. The summed E-state index contributed by atoms with van der Waals surface area (Å²) in [5, 5.41) is 0. The van der Waals surface area contributed by atoms with Gasteiger partial charge in [0.1, 0.15) is 0 Å². The molecule has 0 N–H and O–H groups in total. The second-order valence-corrected chi connectivity index (χ2v) is 7.32. The fourth-order valence-corrected chi connectivity index (χ4v) is 4.01. The molecule has 3 aromatic rings. The summed E-state index contributed by atoms with van der Waals surface area (Å²) >= 11 is 0. The fraction of sp³-hybridized carbons (Fsp3) is 0.200. The topological polar surface area (TPSA) is 40.6 Å². The Morgan fingerprint density at radius 3 is 2.38 bits per heavy atom. The van der Waals surface area contributed by atoms with Gasteiger partial charge in [-0.2, -0.15) is 0 Å². The van der Waals surface area contributed by atoms with Crippen molar-refractivity contribution in [2.45, 2.75) is 26.3 Å². The first-order valence-corrected chi connectivity index (χ1v) is 9.98. The molecule has 4 rings (SSSR count). The zero-order valence-corrected chi connectivity index (χ0v) is 16.7. The predicted octanol–water partition coefficient (Wildman–Crippen LogP) is 4.94. The molecule has 1 aliphatic rings. The highest BCUT2D eigenvalue weighted by Gasteiger charge is 2.31. The maximum absolute atomic E-state index is 13.3. The second kappa shape index (κ2) is 7.92. The monoisotopic (exact) mass is 384 g/mol. The van der Waals surface area contributed by atoms with Gasteiger partial charge in [-0.15, -0.1) is 0 Å². The molecule has 0 radical (unpaired) electrons. The molecule has 2 amide bonds. The van der Waals surface area contributed by atoms with Gasteiger partial charge in [-0.25, -0.2) is 0 Å². The van der Waals surface area contributed by atoms with Crippen LogP contribution >= 0.6 is 0 Å². The lowest BCUT2D eigenvalue weighted by Crippen LogP contribution is -2.36. The lowest BCUT2D eigenvalue weighted by Gasteiger charge is -2.24. The number of amides is 2. The van der Waals surface area contributed by atoms with Gasteiger partial charge in [-0.3, -0.25) is 9.59 Å². The van der Waals surface area contributed by atoms with Gasteiger partial charge in [0, 0.05) is 35.1 Å². The number of hydrogen-bond acceptors (Lipinski definition) is 2. The van der Waals surface area contributed by atoms with Crippen molar-refractivity contribution in [2.75, 3.05) is 16.3 Å². The van der Waals surface area contributed by atoms with E-state index >= 15 is 0 Å². The van der Waals surface area contributed by atoms with E-state index in [1.807, 2.05) is 60.4 Å². The summed E-state index contributed by atoms with van der Waals surface area (Å²) in [6.07, 6.45) is 0.845. The number of carbonyl (C=O) groups is 2. The lowest BCUT2D eigenvalue weighted by atomic mass is 10.1. The molecular formula is C25H24N2O2. The molecule has 0 saturated carbocycles. The van der Waals surface area contributed by atoms with Crippen molar-refractivity contribution in [1.82, 2.24) is 0 Å². The average Bonchev–Trinajstić information content (AvgIpc) is 3.10.